The van der Waals surface area contributed by atoms with Gasteiger partial charge in [-0.1, -0.05) is 12.7 Å². The van der Waals surface area contributed by atoms with Crippen molar-refractivity contribution >= 4 is 12.6 Å². The maximum atomic E-state index is 3.88. The lowest BCUT2D eigenvalue weighted by molar-refractivity contribution is 1.43. The number of nitrogens with zero attached hydrogens (tertiary/aromatic N) is 2. The van der Waals surface area contributed by atoms with Gasteiger partial charge in [-0.3, -0.25) is 0 Å². The number of allylic oxidation sites excluding steroid dienone is 2. The highest BCUT2D eigenvalue weighted by atomic mass is 14.8. The van der Waals surface area contributed by atoms with E-state index in [0.29, 0.717) is 0 Å². The van der Waals surface area contributed by atoms with Crippen molar-refractivity contribution in [2.24, 2.45) is 9.98 Å². The highest BCUT2D eigenvalue weighted by Crippen LogP contribution is 1.90. The standard InChI is InChI=1S/C8H12N2/c1-4-8(3)6-10-7-9-5-2/h4-7H,1H2,2-3H3/b8-6-,9-5+,10-7-. The third kappa shape index (κ3) is 4.97. The van der Waals surface area contributed by atoms with E-state index in [9.17, 15) is 0 Å². The summed E-state index contributed by atoms with van der Waals surface area (Å²) in [4.78, 5) is 7.66. The van der Waals surface area contributed by atoms with Gasteiger partial charge in [0.25, 0.3) is 0 Å². The molecule has 0 heterocycles. The van der Waals surface area contributed by atoms with Crippen molar-refractivity contribution in [3.63, 3.8) is 0 Å². The van der Waals surface area contributed by atoms with Gasteiger partial charge in [0, 0.05) is 12.4 Å². The van der Waals surface area contributed by atoms with Crippen molar-refractivity contribution in [2.75, 3.05) is 0 Å². The van der Waals surface area contributed by atoms with Crippen molar-refractivity contribution in [1.29, 1.82) is 0 Å². The Hall–Kier alpha value is -1.18. The summed E-state index contributed by atoms with van der Waals surface area (Å²) in [6, 6.07) is 0. The van der Waals surface area contributed by atoms with Gasteiger partial charge in [-0.05, 0) is 19.4 Å². The lowest BCUT2D eigenvalue weighted by atomic mass is 10.3. The van der Waals surface area contributed by atoms with E-state index in [0.717, 1.165) is 5.57 Å². The fraction of sp³-hybridized carbons (Fsp3) is 0.250. The van der Waals surface area contributed by atoms with Gasteiger partial charge in [-0.2, -0.15) is 0 Å². The predicted molar refractivity (Wildman–Crippen MR) is 46.6 cm³/mol. The summed E-state index contributed by atoms with van der Waals surface area (Å²) in [6.45, 7) is 7.35. The Bertz CT molecular complexity index is 176. The van der Waals surface area contributed by atoms with E-state index < -0.39 is 0 Å². The summed E-state index contributed by atoms with van der Waals surface area (Å²) < 4.78 is 0. The molecule has 0 amide bonds. The lowest BCUT2D eigenvalue weighted by Crippen LogP contribution is -1.66. The van der Waals surface area contributed by atoms with Crippen molar-refractivity contribution in [3.05, 3.63) is 24.4 Å². The van der Waals surface area contributed by atoms with Gasteiger partial charge >= 0.3 is 0 Å². The van der Waals surface area contributed by atoms with E-state index in [1.165, 1.54) is 6.34 Å². The highest BCUT2D eigenvalue weighted by molar-refractivity contribution is 5.70. The fourth-order valence-corrected chi connectivity index (χ4v) is 0.309. The van der Waals surface area contributed by atoms with Gasteiger partial charge in [0.15, 0.2) is 0 Å². The second-order valence-corrected chi connectivity index (χ2v) is 1.75. The Morgan fingerprint density at radius 2 is 2.10 bits per heavy atom. The molecule has 0 atom stereocenters. The Morgan fingerprint density at radius 3 is 2.60 bits per heavy atom. The van der Waals surface area contributed by atoms with Crippen LogP contribution in [0.4, 0.5) is 0 Å². The molecule has 0 aromatic carbocycles. The van der Waals surface area contributed by atoms with Crippen LogP contribution in [0.5, 0.6) is 0 Å². The summed E-state index contributed by atoms with van der Waals surface area (Å²) in [5.74, 6) is 0. The summed E-state index contributed by atoms with van der Waals surface area (Å²) in [5.41, 5.74) is 1.03. The molecule has 0 aliphatic heterocycles. The zero-order valence-electron chi connectivity index (χ0n) is 6.41. The zero-order valence-corrected chi connectivity index (χ0v) is 6.41. The number of rotatable bonds is 3. The molecular formula is C8H12N2. The van der Waals surface area contributed by atoms with Crippen LogP contribution in [0.3, 0.4) is 0 Å². The van der Waals surface area contributed by atoms with Crippen molar-refractivity contribution in [1.82, 2.24) is 0 Å². The molecule has 0 bridgehead atoms. The summed E-state index contributed by atoms with van der Waals surface area (Å²) in [6.07, 6.45) is 6.63. The quantitative estimate of drug-likeness (QED) is 0.323. The third-order valence-corrected chi connectivity index (χ3v) is 0.883. The molecule has 0 aliphatic rings. The smallest absolute Gasteiger partial charge is 0.114 e. The molecule has 2 heteroatoms. The van der Waals surface area contributed by atoms with Gasteiger partial charge in [0.05, 0.1) is 0 Å². The molecule has 0 saturated carbocycles. The lowest BCUT2D eigenvalue weighted by Gasteiger charge is -1.81. The molecule has 0 aromatic heterocycles. The van der Waals surface area contributed by atoms with Crippen LogP contribution in [0.15, 0.2) is 34.4 Å². The fourth-order valence-electron chi connectivity index (χ4n) is 0.309. The first-order valence-corrected chi connectivity index (χ1v) is 3.10. The van der Waals surface area contributed by atoms with E-state index in [4.69, 9.17) is 0 Å². The van der Waals surface area contributed by atoms with Crippen LogP contribution < -0.4 is 0 Å². The maximum Gasteiger partial charge on any atom is 0.114 e. The topological polar surface area (TPSA) is 24.7 Å². The number of aliphatic imine (C=N–C) groups is 2. The molecule has 0 N–H and O–H groups in total. The Kier molecular flexibility index (Phi) is 5.25. The molecule has 0 rings (SSSR count). The minimum absolute atomic E-state index is 1.03. The summed E-state index contributed by atoms with van der Waals surface area (Å²) in [7, 11) is 0. The minimum Gasteiger partial charge on any atom is -0.250 e. The van der Waals surface area contributed by atoms with Crippen LogP contribution in [0.25, 0.3) is 0 Å². The van der Waals surface area contributed by atoms with Gasteiger partial charge in [0.2, 0.25) is 0 Å². The van der Waals surface area contributed by atoms with E-state index in [1.54, 1.807) is 18.5 Å². The monoisotopic (exact) mass is 136 g/mol. The SMILES string of the molecule is C=C\C(C)=C/N=C\N=C\C. The molecule has 0 fully saturated rings. The first-order chi connectivity index (χ1) is 4.81. The van der Waals surface area contributed by atoms with Crippen LogP contribution >= 0.6 is 0 Å². The second-order valence-electron chi connectivity index (χ2n) is 1.75. The second kappa shape index (κ2) is 5.95. The Balaban J connectivity index is 3.81. The molecule has 10 heavy (non-hydrogen) atoms. The van der Waals surface area contributed by atoms with Crippen LogP contribution in [-0.2, 0) is 0 Å². The largest absolute Gasteiger partial charge is 0.250 e. The number of hydrogen-bond donors (Lipinski definition) is 0. The molecule has 2 nitrogen and oxygen atoms in total. The van der Waals surface area contributed by atoms with Crippen molar-refractivity contribution < 1.29 is 0 Å². The van der Waals surface area contributed by atoms with Crippen molar-refractivity contribution in [2.45, 2.75) is 13.8 Å². The predicted octanol–water partition coefficient (Wildman–Crippen LogP) is 2.20. The minimum atomic E-state index is 1.03. The first kappa shape index (κ1) is 8.82. The Labute approximate surface area is 61.7 Å². The summed E-state index contributed by atoms with van der Waals surface area (Å²) in [5, 5.41) is 0. The molecule has 0 aromatic rings. The van der Waals surface area contributed by atoms with E-state index in [2.05, 4.69) is 16.6 Å². The van der Waals surface area contributed by atoms with E-state index in [1.807, 2.05) is 13.8 Å². The molecule has 54 valence electrons. The van der Waals surface area contributed by atoms with E-state index in [-0.39, 0.29) is 0 Å². The number of hydrogen-bond acceptors (Lipinski definition) is 1. The van der Waals surface area contributed by atoms with Crippen LogP contribution in [0.1, 0.15) is 13.8 Å². The Morgan fingerprint density at radius 1 is 1.40 bits per heavy atom. The molecule has 0 saturated heterocycles. The van der Waals surface area contributed by atoms with Gasteiger partial charge < -0.3 is 0 Å². The average Bonchev–Trinajstić information content (AvgIpc) is 1.98. The molecule has 0 radical (unpaired) electrons. The van der Waals surface area contributed by atoms with Gasteiger partial charge in [-0.25, -0.2) is 9.98 Å². The normalized spacial score (nSPS) is 13.2. The molecular weight excluding hydrogens is 124 g/mol. The molecule has 0 aliphatic carbocycles. The molecule has 0 unspecified atom stereocenters. The van der Waals surface area contributed by atoms with Crippen molar-refractivity contribution in [3.8, 4) is 0 Å². The average molecular weight is 136 g/mol. The van der Waals surface area contributed by atoms with Gasteiger partial charge in [0.1, 0.15) is 6.34 Å². The van der Waals surface area contributed by atoms with Crippen LogP contribution in [-0.4, -0.2) is 12.6 Å². The van der Waals surface area contributed by atoms with Crippen LogP contribution in [0, 0.1) is 0 Å². The zero-order chi connectivity index (χ0) is 7.82. The third-order valence-electron chi connectivity index (χ3n) is 0.883. The van der Waals surface area contributed by atoms with E-state index >= 15 is 0 Å². The van der Waals surface area contributed by atoms with Crippen LogP contribution in [0.2, 0.25) is 0 Å². The highest BCUT2D eigenvalue weighted by Gasteiger charge is 1.72. The first-order valence-electron chi connectivity index (χ1n) is 3.10. The van der Waals surface area contributed by atoms with Gasteiger partial charge in [-0.15, -0.1) is 0 Å². The maximum absolute atomic E-state index is 3.88. The summed E-state index contributed by atoms with van der Waals surface area (Å²) >= 11 is 0. The molecule has 0 spiro atoms.